The topological polar surface area (TPSA) is 69.6 Å². The second-order valence-electron chi connectivity index (χ2n) is 3.94. The molecule has 0 spiro atoms. The van der Waals surface area contributed by atoms with E-state index in [2.05, 4.69) is 31.0 Å². The smallest absolute Gasteiger partial charge is 0.163 e. The lowest BCUT2D eigenvalue weighted by Gasteiger charge is -1.99. The Bertz CT molecular complexity index is 717. The molecule has 0 aliphatic rings. The van der Waals surface area contributed by atoms with Crippen LogP contribution in [-0.2, 0) is 7.05 Å². The highest BCUT2D eigenvalue weighted by Gasteiger charge is 2.14. The van der Waals surface area contributed by atoms with Crippen molar-refractivity contribution in [2.45, 2.75) is 0 Å². The number of hydrogen-bond donors (Lipinski definition) is 1. The molecule has 90 valence electrons. The number of nitrogens with zero attached hydrogens (tertiary/aromatic N) is 4. The van der Waals surface area contributed by atoms with Crippen molar-refractivity contribution in [3.05, 3.63) is 35.1 Å². The van der Waals surface area contributed by atoms with Crippen molar-refractivity contribution in [3.8, 4) is 11.3 Å². The first-order chi connectivity index (χ1) is 8.66. The largest absolute Gasteiger partial charge is 0.383 e. The Morgan fingerprint density at radius 2 is 1.89 bits per heavy atom. The minimum atomic E-state index is 0.450. The first-order valence-corrected chi connectivity index (χ1v) is 6.15. The third-order valence-electron chi connectivity index (χ3n) is 2.77. The molecule has 0 unspecified atom stereocenters. The summed E-state index contributed by atoms with van der Waals surface area (Å²) >= 11 is 3.41. The molecule has 2 N–H and O–H groups in total. The summed E-state index contributed by atoms with van der Waals surface area (Å²) in [5.74, 6) is 0.450. The molecular weight excluding hydrogens is 294 g/mol. The van der Waals surface area contributed by atoms with Gasteiger partial charge in [-0.3, -0.25) is 0 Å². The fourth-order valence-corrected chi connectivity index (χ4v) is 2.18. The number of anilines is 1. The maximum atomic E-state index is 5.92. The van der Waals surface area contributed by atoms with Crippen LogP contribution >= 0.6 is 15.9 Å². The standard InChI is InChI=1S/C12H10BrN5/c1-18-12-9(11(14)15-6-16-12)10(17-18)7-2-4-8(13)5-3-7/h2-6H,1H3,(H2,14,15,16). The molecule has 1 aromatic carbocycles. The second kappa shape index (κ2) is 4.06. The van der Waals surface area contributed by atoms with Gasteiger partial charge in [0.25, 0.3) is 0 Å². The molecule has 0 aliphatic carbocycles. The van der Waals surface area contributed by atoms with Crippen LogP contribution in [0.2, 0.25) is 0 Å². The normalized spacial score (nSPS) is 11.0. The molecule has 3 rings (SSSR count). The number of nitrogen functional groups attached to an aromatic ring is 1. The van der Waals surface area contributed by atoms with E-state index in [1.807, 2.05) is 31.3 Å². The van der Waals surface area contributed by atoms with E-state index in [9.17, 15) is 0 Å². The highest BCUT2D eigenvalue weighted by molar-refractivity contribution is 9.10. The van der Waals surface area contributed by atoms with Crippen LogP contribution in [0.1, 0.15) is 0 Å². The lowest BCUT2D eigenvalue weighted by atomic mass is 10.1. The van der Waals surface area contributed by atoms with Gasteiger partial charge in [-0.25, -0.2) is 14.6 Å². The van der Waals surface area contributed by atoms with Gasteiger partial charge in [-0.05, 0) is 12.1 Å². The van der Waals surface area contributed by atoms with Crippen LogP contribution in [0.4, 0.5) is 5.82 Å². The third kappa shape index (κ3) is 1.65. The van der Waals surface area contributed by atoms with Crippen molar-refractivity contribution in [3.63, 3.8) is 0 Å². The maximum absolute atomic E-state index is 5.92. The summed E-state index contributed by atoms with van der Waals surface area (Å²) in [6, 6.07) is 7.91. The second-order valence-corrected chi connectivity index (χ2v) is 4.85. The Balaban J connectivity index is 2.32. The van der Waals surface area contributed by atoms with E-state index >= 15 is 0 Å². The van der Waals surface area contributed by atoms with Crippen molar-refractivity contribution in [2.75, 3.05) is 5.73 Å². The van der Waals surface area contributed by atoms with Gasteiger partial charge in [-0.1, -0.05) is 28.1 Å². The monoisotopic (exact) mass is 303 g/mol. The van der Waals surface area contributed by atoms with Crippen LogP contribution in [0.15, 0.2) is 35.1 Å². The molecule has 0 saturated heterocycles. The predicted molar refractivity (Wildman–Crippen MR) is 73.9 cm³/mol. The molecule has 0 saturated carbocycles. The lowest BCUT2D eigenvalue weighted by Crippen LogP contribution is -1.95. The van der Waals surface area contributed by atoms with Crippen LogP contribution < -0.4 is 5.73 Å². The maximum Gasteiger partial charge on any atom is 0.163 e. The molecule has 2 heterocycles. The first-order valence-electron chi connectivity index (χ1n) is 5.36. The number of halogens is 1. The Morgan fingerprint density at radius 1 is 1.17 bits per heavy atom. The van der Waals surface area contributed by atoms with Crippen LogP contribution in [-0.4, -0.2) is 19.7 Å². The molecule has 0 atom stereocenters. The summed E-state index contributed by atoms with van der Waals surface area (Å²) in [5, 5.41) is 5.26. The number of fused-ring (bicyclic) bond motifs is 1. The van der Waals surface area contributed by atoms with Crippen LogP contribution in [0, 0.1) is 0 Å². The van der Waals surface area contributed by atoms with Crippen LogP contribution in [0.25, 0.3) is 22.3 Å². The molecule has 0 aliphatic heterocycles. The number of aryl methyl sites for hydroxylation is 1. The number of benzene rings is 1. The number of rotatable bonds is 1. The van der Waals surface area contributed by atoms with Gasteiger partial charge in [0.1, 0.15) is 17.8 Å². The minimum absolute atomic E-state index is 0.450. The van der Waals surface area contributed by atoms with Gasteiger partial charge in [-0.15, -0.1) is 0 Å². The molecule has 0 radical (unpaired) electrons. The highest BCUT2D eigenvalue weighted by atomic mass is 79.9. The van der Waals surface area contributed by atoms with Gasteiger partial charge in [0.2, 0.25) is 0 Å². The third-order valence-corrected chi connectivity index (χ3v) is 3.30. The van der Waals surface area contributed by atoms with E-state index in [-0.39, 0.29) is 0 Å². The average Bonchev–Trinajstić information content (AvgIpc) is 2.70. The molecule has 2 aromatic heterocycles. The summed E-state index contributed by atoms with van der Waals surface area (Å²) in [6.07, 6.45) is 1.45. The van der Waals surface area contributed by atoms with Crippen molar-refractivity contribution >= 4 is 32.8 Å². The van der Waals surface area contributed by atoms with Crippen molar-refractivity contribution in [1.82, 2.24) is 19.7 Å². The average molecular weight is 304 g/mol. The summed E-state index contributed by atoms with van der Waals surface area (Å²) in [4.78, 5) is 8.23. The lowest BCUT2D eigenvalue weighted by molar-refractivity contribution is 0.788. The first kappa shape index (κ1) is 11.2. The molecule has 18 heavy (non-hydrogen) atoms. The van der Waals surface area contributed by atoms with Gasteiger partial charge in [0.05, 0.1) is 5.39 Å². The Labute approximate surface area is 112 Å². The number of aromatic nitrogens is 4. The molecule has 3 aromatic rings. The zero-order valence-corrected chi connectivity index (χ0v) is 11.2. The molecule has 6 heteroatoms. The Hall–Kier alpha value is -1.95. The summed E-state index contributed by atoms with van der Waals surface area (Å²) < 4.78 is 2.74. The van der Waals surface area contributed by atoms with Crippen molar-refractivity contribution in [1.29, 1.82) is 0 Å². The molecule has 0 amide bonds. The zero-order chi connectivity index (χ0) is 12.7. The van der Waals surface area contributed by atoms with Crippen LogP contribution in [0.5, 0.6) is 0 Å². The van der Waals surface area contributed by atoms with E-state index in [0.717, 1.165) is 26.8 Å². The molecular formula is C12H10BrN5. The zero-order valence-electron chi connectivity index (χ0n) is 9.63. The fourth-order valence-electron chi connectivity index (χ4n) is 1.92. The van der Waals surface area contributed by atoms with E-state index < -0.39 is 0 Å². The van der Waals surface area contributed by atoms with Gasteiger partial charge < -0.3 is 5.73 Å². The van der Waals surface area contributed by atoms with E-state index in [1.54, 1.807) is 4.68 Å². The number of nitrogens with two attached hydrogens (primary N) is 1. The minimum Gasteiger partial charge on any atom is -0.383 e. The summed E-state index contributed by atoms with van der Waals surface area (Å²) in [7, 11) is 1.84. The molecule has 0 bridgehead atoms. The number of hydrogen-bond acceptors (Lipinski definition) is 4. The Kier molecular flexibility index (Phi) is 2.52. The van der Waals surface area contributed by atoms with Gasteiger partial charge in [-0.2, -0.15) is 5.10 Å². The van der Waals surface area contributed by atoms with Crippen molar-refractivity contribution in [2.24, 2.45) is 7.05 Å². The van der Waals surface area contributed by atoms with E-state index in [0.29, 0.717) is 5.82 Å². The van der Waals surface area contributed by atoms with Crippen molar-refractivity contribution < 1.29 is 0 Å². The predicted octanol–water partition coefficient (Wildman–Crippen LogP) is 2.38. The molecule has 0 fully saturated rings. The SMILES string of the molecule is Cn1nc(-c2ccc(Br)cc2)c2c(N)ncnc21. The van der Waals surface area contributed by atoms with Gasteiger partial charge in [0, 0.05) is 17.1 Å². The summed E-state index contributed by atoms with van der Waals surface area (Å²) in [6.45, 7) is 0. The van der Waals surface area contributed by atoms with Gasteiger partial charge in [0.15, 0.2) is 5.65 Å². The van der Waals surface area contributed by atoms with E-state index in [1.165, 1.54) is 6.33 Å². The quantitative estimate of drug-likeness (QED) is 0.749. The van der Waals surface area contributed by atoms with E-state index in [4.69, 9.17) is 5.73 Å². The fraction of sp³-hybridized carbons (Fsp3) is 0.0833. The molecule has 5 nitrogen and oxygen atoms in total. The van der Waals surface area contributed by atoms with Gasteiger partial charge >= 0.3 is 0 Å². The Morgan fingerprint density at radius 3 is 2.61 bits per heavy atom. The summed E-state index contributed by atoms with van der Waals surface area (Å²) in [5.41, 5.74) is 8.46. The highest BCUT2D eigenvalue weighted by Crippen LogP contribution is 2.30. The van der Waals surface area contributed by atoms with Crippen LogP contribution in [0.3, 0.4) is 0 Å².